The Morgan fingerprint density at radius 1 is 1.17 bits per heavy atom. The van der Waals surface area contributed by atoms with Crippen LogP contribution < -0.4 is 0 Å². The molecule has 90 valence electrons. The van der Waals surface area contributed by atoms with E-state index in [0.29, 0.717) is 0 Å². The highest BCUT2D eigenvalue weighted by Crippen LogP contribution is 2.16. The molecular weight excluding hydrogens is 296 g/mol. The van der Waals surface area contributed by atoms with Gasteiger partial charge in [-0.2, -0.15) is 0 Å². The SMILES string of the molecule is O=[N+]([O-])c1cccc(/C=C/c2cncc(Br)c2)c1. The van der Waals surface area contributed by atoms with E-state index in [0.717, 1.165) is 15.6 Å². The van der Waals surface area contributed by atoms with Crippen molar-refractivity contribution >= 4 is 33.8 Å². The van der Waals surface area contributed by atoms with Crippen molar-refractivity contribution in [3.8, 4) is 0 Å². The van der Waals surface area contributed by atoms with E-state index < -0.39 is 4.92 Å². The van der Waals surface area contributed by atoms with Crippen LogP contribution in [0.25, 0.3) is 12.2 Å². The average Bonchev–Trinajstić information content (AvgIpc) is 2.37. The summed E-state index contributed by atoms with van der Waals surface area (Å²) < 4.78 is 0.892. The fourth-order valence-electron chi connectivity index (χ4n) is 1.45. The molecule has 0 saturated heterocycles. The molecule has 5 heteroatoms. The van der Waals surface area contributed by atoms with E-state index in [9.17, 15) is 10.1 Å². The van der Waals surface area contributed by atoms with E-state index >= 15 is 0 Å². The molecular formula is C13H9BrN2O2. The molecule has 1 heterocycles. The minimum absolute atomic E-state index is 0.0875. The quantitative estimate of drug-likeness (QED) is 0.638. The molecule has 0 N–H and O–H groups in total. The van der Waals surface area contributed by atoms with Crippen molar-refractivity contribution < 1.29 is 4.92 Å². The fourth-order valence-corrected chi connectivity index (χ4v) is 1.84. The lowest BCUT2D eigenvalue weighted by Gasteiger charge is -1.96. The Morgan fingerprint density at radius 2 is 1.94 bits per heavy atom. The molecule has 0 atom stereocenters. The summed E-state index contributed by atoms with van der Waals surface area (Å²) in [5, 5.41) is 10.6. The molecule has 0 radical (unpaired) electrons. The van der Waals surface area contributed by atoms with Crippen LogP contribution in [-0.4, -0.2) is 9.91 Å². The summed E-state index contributed by atoms with van der Waals surface area (Å²) in [5.41, 5.74) is 1.80. The zero-order chi connectivity index (χ0) is 13.0. The maximum Gasteiger partial charge on any atom is 0.270 e. The van der Waals surface area contributed by atoms with Crippen LogP contribution >= 0.6 is 15.9 Å². The third kappa shape index (κ3) is 3.24. The molecule has 0 unspecified atom stereocenters. The predicted octanol–water partition coefficient (Wildman–Crippen LogP) is 3.92. The maximum atomic E-state index is 10.6. The lowest BCUT2D eigenvalue weighted by Crippen LogP contribution is -1.87. The van der Waals surface area contributed by atoms with Gasteiger partial charge in [0.1, 0.15) is 0 Å². The predicted molar refractivity (Wildman–Crippen MR) is 74.0 cm³/mol. The number of hydrogen-bond donors (Lipinski definition) is 0. The van der Waals surface area contributed by atoms with Crippen molar-refractivity contribution in [2.75, 3.05) is 0 Å². The Hall–Kier alpha value is -2.01. The van der Waals surface area contributed by atoms with Gasteiger partial charge in [0.2, 0.25) is 0 Å². The highest BCUT2D eigenvalue weighted by Gasteiger charge is 2.03. The summed E-state index contributed by atoms with van der Waals surface area (Å²) in [4.78, 5) is 14.3. The van der Waals surface area contributed by atoms with Crippen LogP contribution in [0.2, 0.25) is 0 Å². The van der Waals surface area contributed by atoms with Crippen molar-refractivity contribution in [3.05, 3.63) is 68.4 Å². The van der Waals surface area contributed by atoms with Crippen LogP contribution in [0.5, 0.6) is 0 Å². The van der Waals surface area contributed by atoms with Crippen LogP contribution in [0.3, 0.4) is 0 Å². The number of halogens is 1. The van der Waals surface area contributed by atoms with Gasteiger partial charge in [0.05, 0.1) is 4.92 Å². The Kier molecular flexibility index (Phi) is 3.84. The number of aromatic nitrogens is 1. The molecule has 4 nitrogen and oxygen atoms in total. The lowest BCUT2D eigenvalue weighted by molar-refractivity contribution is -0.384. The Bertz CT molecular complexity index is 611. The zero-order valence-corrected chi connectivity index (χ0v) is 10.9. The van der Waals surface area contributed by atoms with Crippen molar-refractivity contribution in [3.63, 3.8) is 0 Å². The van der Waals surface area contributed by atoms with Gasteiger partial charge in [-0.1, -0.05) is 24.3 Å². The molecule has 0 aliphatic rings. The smallest absolute Gasteiger partial charge is 0.263 e. The van der Waals surface area contributed by atoms with Gasteiger partial charge >= 0.3 is 0 Å². The molecule has 0 fully saturated rings. The maximum absolute atomic E-state index is 10.6. The summed E-state index contributed by atoms with van der Waals surface area (Å²) in [6.45, 7) is 0. The summed E-state index contributed by atoms with van der Waals surface area (Å²) in [6, 6.07) is 8.40. The van der Waals surface area contributed by atoms with Crippen LogP contribution in [0.1, 0.15) is 11.1 Å². The largest absolute Gasteiger partial charge is 0.270 e. The Balaban J connectivity index is 2.23. The minimum atomic E-state index is -0.405. The number of non-ortho nitro benzene ring substituents is 1. The monoisotopic (exact) mass is 304 g/mol. The first kappa shape index (κ1) is 12.4. The summed E-state index contributed by atoms with van der Waals surface area (Å²) >= 11 is 3.33. The molecule has 0 aliphatic heterocycles. The molecule has 18 heavy (non-hydrogen) atoms. The van der Waals surface area contributed by atoms with Gasteiger partial charge in [0.25, 0.3) is 5.69 Å². The van der Waals surface area contributed by atoms with E-state index in [4.69, 9.17) is 0 Å². The van der Waals surface area contributed by atoms with Crippen molar-refractivity contribution in [2.45, 2.75) is 0 Å². The third-order valence-corrected chi connectivity index (χ3v) is 2.71. The van der Waals surface area contributed by atoms with E-state index in [2.05, 4.69) is 20.9 Å². The van der Waals surface area contributed by atoms with Gasteiger partial charge in [0, 0.05) is 29.0 Å². The standard InChI is InChI=1S/C13H9BrN2O2/c14-12-6-11(8-15-9-12)5-4-10-2-1-3-13(7-10)16(17)18/h1-9H/b5-4+. The topological polar surface area (TPSA) is 56.0 Å². The van der Waals surface area contributed by atoms with Crippen LogP contribution in [0.4, 0.5) is 5.69 Å². The van der Waals surface area contributed by atoms with Crippen molar-refractivity contribution in [2.24, 2.45) is 0 Å². The third-order valence-electron chi connectivity index (χ3n) is 2.28. The van der Waals surface area contributed by atoms with Crippen LogP contribution in [-0.2, 0) is 0 Å². The van der Waals surface area contributed by atoms with E-state index in [1.807, 2.05) is 24.3 Å². The van der Waals surface area contributed by atoms with Crippen molar-refractivity contribution in [1.29, 1.82) is 0 Å². The molecule has 0 aliphatic carbocycles. The number of nitro benzene ring substituents is 1. The molecule has 2 aromatic rings. The van der Waals surface area contributed by atoms with Crippen LogP contribution in [0.15, 0.2) is 47.2 Å². The number of hydrogen-bond acceptors (Lipinski definition) is 3. The number of pyridine rings is 1. The summed E-state index contributed by atoms with van der Waals surface area (Å²) in [7, 11) is 0. The average molecular weight is 305 g/mol. The van der Waals surface area contributed by atoms with Gasteiger partial charge in [-0.05, 0) is 33.1 Å². The van der Waals surface area contributed by atoms with Gasteiger partial charge in [-0.25, -0.2) is 0 Å². The van der Waals surface area contributed by atoms with E-state index in [1.165, 1.54) is 12.1 Å². The van der Waals surface area contributed by atoms with E-state index in [-0.39, 0.29) is 5.69 Å². The molecule has 1 aromatic heterocycles. The molecule has 0 spiro atoms. The molecule has 1 aromatic carbocycles. The second-order valence-corrected chi connectivity index (χ2v) is 4.54. The highest BCUT2D eigenvalue weighted by atomic mass is 79.9. The highest BCUT2D eigenvalue weighted by molar-refractivity contribution is 9.10. The molecule has 0 amide bonds. The number of rotatable bonds is 3. The number of nitro groups is 1. The first-order chi connectivity index (χ1) is 8.65. The second kappa shape index (κ2) is 5.55. The normalized spacial score (nSPS) is 10.7. The minimum Gasteiger partial charge on any atom is -0.263 e. The van der Waals surface area contributed by atoms with Crippen LogP contribution in [0, 0.1) is 10.1 Å². The molecule has 2 rings (SSSR count). The van der Waals surface area contributed by atoms with Crippen molar-refractivity contribution in [1.82, 2.24) is 4.98 Å². The first-order valence-corrected chi connectivity index (χ1v) is 5.97. The zero-order valence-electron chi connectivity index (χ0n) is 9.29. The molecule has 0 saturated carbocycles. The number of nitrogens with zero attached hydrogens (tertiary/aromatic N) is 2. The van der Waals surface area contributed by atoms with Gasteiger partial charge < -0.3 is 0 Å². The number of benzene rings is 1. The second-order valence-electron chi connectivity index (χ2n) is 3.62. The molecule has 0 bridgehead atoms. The Morgan fingerprint density at radius 3 is 2.67 bits per heavy atom. The summed E-state index contributed by atoms with van der Waals surface area (Å²) in [6.07, 6.45) is 7.09. The lowest BCUT2D eigenvalue weighted by atomic mass is 10.1. The Labute approximate surface area is 112 Å². The van der Waals surface area contributed by atoms with E-state index in [1.54, 1.807) is 18.5 Å². The van der Waals surface area contributed by atoms with Gasteiger partial charge in [-0.15, -0.1) is 0 Å². The summed E-state index contributed by atoms with van der Waals surface area (Å²) in [5.74, 6) is 0. The first-order valence-electron chi connectivity index (χ1n) is 5.18. The fraction of sp³-hybridized carbons (Fsp3) is 0. The van der Waals surface area contributed by atoms with Gasteiger partial charge in [-0.3, -0.25) is 15.1 Å². The van der Waals surface area contributed by atoms with Gasteiger partial charge in [0.15, 0.2) is 0 Å².